The van der Waals surface area contributed by atoms with Crippen LogP contribution in [0.1, 0.15) is 42.0 Å². The summed E-state index contributed by atoms with van der Waals surface area (Å²) in [4.78, 5) is 39.6. The second-order valence-corrected chi connectivity index (χ2v) is 11.7. The van der Waals surface area contributed by atoms with Gasteiger partial charge in [-0.25, -0.2) is 14.5 Å². The number of anilines is 1. The van der Waals surface area contributed by atoms with Crippen molar-refractivity contribution in [1.29, 1.82) is 0 Å². The molecule has 1 unspecified atom stereocenters. The minimum atomic E-state index is -0.682. The molecule has 46 heavy (non-hydrogen) atoms. The average molecular weight is 618 g/mol. The van der Waals surface area contributed by atoms with E-state index in [1.54, 1.807) is 36.1 Å². The number of rotatable bonds is 8. The van der Waals surface area contributed by atoms with E-state index in [1.165, 1.54) is 4.52 Å². The van der Waals surface area contributed by atoms with Crippen molar-refractivity contribution in [3.8, 4) is 16.8 Å². The van der Waals surface area contributed by atoms with Crippen LogP contribution in [-0.2, 0) is 6.54 Å². The average Bonchev–Trinajstić information content (AvgIpc) is 3.68. The predicted octanol–water partition coefficient (Wildman–Crippen LogP) is 2.79. The molecule has 0 bridgehead atoms. The molecule has 1 saturated heterocycles. The molecule has 5 heterocycles. The lowest BCUT2D eigenvalue weighted by molar-refractivity contribution is 0.0940. The number of carbonyl (C=O) groups excluding carboxylic acids is 1. The molecule has 4 aromatic heterocycles. The highest BCUT2D eigenvalue weighted by Crippen LogP contribution is 2.28. The van der Waals surface area contributed by atoms with Crippen LogP contribution in [-0.4, -0.2) is 70.4 Å². The number of nitrogens with zero attached hydrogens (tertiary/aromatic N) is 8. The number of aromatic nitrogens is 7. The summed E-state index contributed by atoms with van der Waals surface area (Å²) in [5.41, 5.74) is 15.1. The normalized spacial score (nSPS) is 15.0. The van der Waals surface area contributed by atoms with E-state index in [1.807, 2.05) is 59.4 Å². The van der Waals surface area contributed by atoms with E-state index >= 15 is 0 Å². The van der Waals surface area contributed by atoms with Crippen LogP contribution in [0.25, 0.3) is 33.4 Å². The van der Waals surface area contributed by atoms with Crippen LogP contribution in [0.4, 0.5) is 5.82 Å². The summed E-state index contributed by atoms with van der Waals surface area (Å²) < 4.78 is 4.93. The Balaban J connectivity index is 1.25. The third-order valence-electron chi connectivity index (χ3n) is 8.54. The topological polar surface area (TPSA) is 167 Å². The second kappa shape index (κ2) is 12.2. The van der Waals surface area contributed by atoms with Crippen molar-refractivity contribution in [2.24, 2.45) is 5.73 Å². The van der Waals surface area contributed by atoms with E-state index in [9.17, 15) is 9.59 Å². The molecule has 1 aliphatic heterocycles. The summed E-state index contributed by atoms with van der Waals surface area (Å²) in [5, 5.41) is 12.2. The van der Waals surface area contributed by atoms with Crippen LogP contribution >= 0.6 is 0 Å². The number of carbonyl (C=O) groups is 1. The van der Waals surface area contributed by atoms with Crippen molar-refractivity contribution in [3.05, 3.63) is 101 Å². The molecule has 7 rings (SSSR count). The summed E-state index contributed by atoms with van der Waals surface area (Å²) in [6.45, 7) is 5.39. The number of likely N-dealkylation sites (tertiary alicyclic amines) is 1. The van der Waals surface area contributed by atoms with Gasteiger partial charge in [-0.1, -0.05) is 30.3 Å². The minimum absolute atomic E-state index is 0.0561. The maximum Gasteiger partial charge on any atom is 0.266 e. The molecule has 0 radical (unpaired) electrons. The molecule has 13 heteroatoms. The predicted molar refractivity (Wildman–Crippen MR) is 175 cm³/mol. The molecule has 6 aromatic rings. The molecular weight excluding hydrogens is 582 g/mol. The first kappa shape index (κ1) is 29.3. The van der Waals surface area contributed by atoms with Crippen LogP contribution in [0.2, 0.25) is 0 Å². The van der Waals surface area contributed by atoms with Gasteiger partial charge in [0.05, 0.1) is 35.4 Å². The molecular formula is C33H35N11O2. The first-order valence-corrected chi connectivity index (χ1v) is 15.4. The molecule has 1 amide bonds. The van der Waals surface area contributed by atoms with Crippen molar-refractivity contribution < 1.29 is 4.79 Å². The highest BCUT2D eigenvalue weighted by Gasteiger charge is 2.25. The first-order chi connectivity index (χ1) is 22.4. The number of piperidine rings is 1. The zero-order valence-corrected chi connectivity index (χ0v) is 25.5. The van der Waals surface area contributed by atoms with E-state index in [4.69, 9.17) is 16.5 Å². The lowest BCUT2D eigenvalue weighted by atomic mass is 10.0. The molecule has 234 valence electrons. The Hall–Kier alpha value is -5.40. The molecule has 1 fully saturated rings. The van der Waals surface area contributed by atoms with Gasteiger partial charge in [0.15, 0.2) is 11.5 Å². The van der Waals surface area contributed by atoms with Crippen molar-refractivity contribution in [1.82, 2.24) is 44.1 Å². The van der Waals surface area contributed by atoms with Crippen LogP contribution in [0.5, 0.6) is 0 Å². The monoisotopic (exact) mass is 617 g/mol. The van der Waals surface area contributed by atoms with Crippen LogP contribution in [0.3, 0.4) is 0 Å². The number of para-hydroxylation sites is 1. The fraction of sp³-hybridized carbons (Fsp3) is 0.273. The minimum Gasteiger partial charge on any atom is -0.381 e. The Kier molecular flexibility index (Phi) is 7.76. The molecule has 2 aromatic carbocycles. The van der Waals surface area contributed by atoms with E-state index in [0.29, 0.717) is 34.1 Å². The maximum absolute atomic E-state index is 14.5. The van der Waals surface area contributed by atoms with E-state index in [0.717, 1.165) is 50.1 Å². The Labute approximate surface area is 264 Å². The third-order valence-corrected chi connectivity index (χ3v) is 8.54. The molecule has 5 N–H and O–H groups in total. The van der Waals surface area contributed by atoms with Gasteiger partial charge in [0, 0.05) is 36.7 Å². The molecule has 0 saturated carbocycles. The number of nitrogens with one attached hydrogen (secondary N) is 1. The van der Waals surface area contributed by atoms with Gasteiger partial charge in [0.2, 0.25) is 0 Å². The number of benzene rings is 2. The zero-order valence-electron chi connectivity index (χ0n) is 25.5. The zero-order chi connectivity index (χ0) is 31.8. The maximum atomic E-state index is 14.5. The summed E-state index contributed by atoms with van der Waals surface area (Å²) in [6, 6.07) is 16.2. The highest BCUT2D eigenvalue weighted by molar-refractivity contribution is 6.04. The van der Waals surface area contributed by atoms with Crippen LogP contribution < -0.4 is 22.3 Å². The Morgan fingerprint density at radius 1 is 1.07 bits per heavy atom. The van der Waals surface area contributed by atoms with Gasteiger partial charge in [0.1, 0.15) is 11.4 Å². The molecule has 0 aliphatic carbocycles. The summed E-state index contributed by atoms with van der Waals surface area (Å²) in [5.74, 6) is -0.0454. The Morgan fingerprint density at radius 2 is 1.87 bits per heavy atom. The standard InChI is InChI=1S/C33H35N11O2/c1-21(38-32(45)28-29(35)40-43-14-6-13-36-31(28)43)30-39-26-10-5-9-25(27(26)33(46)44(30)24-7-3-2-4-8-24)22-19-37-42(20-22)18-17-41-15-11-23(34)12-16-41/h2-10,13-14,19-21,23H,11-12,15-18,34H2,1H3,(H2,35,40)(H,38,45). The Morgan fingerprint density at radius 3 is 2.67 bits per heavy atom. The van der Waals surface area contributed by atoms with Gasteiger partial charge in [-0.05, 0) is 62.7 Å². The number of hydrogen-bond acceptors (Lipinski definition) is 9. The lowest BCUT2D eigenvalue weighted by Crippen LogP contribution is -2.40. The molecule has 1 aliphatic rings. The van der Waals surface area contributed by atoms with Crippen molar-refractivity contribution in [2.75, 3.05) is 25.4 Å². The van der Waals surface area contributed by atoms with E-state index in [-0.39, 0.29) is 16.9 Å². The Bertz CT molecular complexity index is 2090. The molecule has 0 spiro atoms. The van der Waals surface area contributed by atoms with Gasteiger partial charge >= 0.3 is 0 Å². The van der Waals surface area contributed by atoms with E-state index < -0.39 is 11.9 Å². The van der Waals surface area contributed by atoms with Gasteiger partial charge in [-0.3, -0.25) is 18.8 Å². The molecule has 13 nitrogen and oxygen atoms in total. The smallest absolute Gasteiger partial charge is 0.266 e. The fourth-order valence-corrected chi connectivity index (χ4v) is 6.11. The van der Waals surface area contributed by atoms with Crippen LogP contribution in [0.15, 0.2) is 84.2 Å². The number of nitrogen functional groups attached to an aromatic ring is 1. The van der Waals surface area contributed by atoms with Gasteiger partial charge in [0.25, 0.3) is 11.5 Å². The second-order valence-electron chi connectivity index (χ2n) is 11.7. The number of nitrogens with two attached hydrogens (primary N) is 2. The third kappa shape index (κ3) is 5.50. The van der Waals surface area contributed by atoms with Crippen molar-refractivity contribution >= 4 is 28.3 Å². The number of hydrogen-bond donors (Lipinski definition) is 3. The summed E-state index contributed by atoms with van der Waals surface area (Å²) in [6.07, 6.45) is 9.03. The summed E-state index contributed by atoms with van der Waals surface area (Å²) in [7, 11) is 0. The van der Waals surface area contributed by atoms with Crippen molar-refractivity contribution in [2.45, 2.75) is 38.4 Å². The van der Waals surface area contributed by atoms with Gasteiger partial charge in [-0.2, -0.15) is 5.10 Å². The van der Waals surface area contributed by atoms with Gasteiger partial charge < -0.3 is 21.7 Å². The number of fused-ring (bicyclic) bond motifs is 2. The quantitative estimate of drug-likeness (QED) is 0.233. The molecule has 1 atom stereocenters. The highest BCUT2D eigenvalue weighted by atomic mass is 16.2. The van der Waals surface area contributed by atoms with E-state index in [2.05, 4.69) is 25.4 Å². The van der Waals surface area contributed by atoms with Gasteiger partial charge in [-0.15, -0.1) is 5.10 Å². The first-order valence-electron chi connectivity index (χ1n) is 15.4. The van der Waals surface area contributed by atoms with Crippen molar-refractivity contribution in [3.63, 3.8) is 0 Å². The van der Waals surface area contributed by atoms with Crippen LogP contribution in [0, 0.1) is 0 Å². The summed E-state index contributed by atoms with van der Waals surface area (Å²) >= 11 is 0. The largest absolute Gasteiger partial charge is 0.381 e. The number of amides is 1. The lowest BCUT2D eigenvalue weighted by Gasteiger charge is -2.29. The SMILES string of the molecule is CC(NC(=O)c1c(N)nn2cccnc12)c1nc2cccc(-c3cnn(CCN4CCC(N)CC4)c3)c2c(=O)n1-c1ccccc1. The fourth-order valence-electron chi connectivity index (χ4n) is 6.11.